The number of nitrogens with one attached hydrogen (secondary N) is 1. The van der Waals surface area contributed by atoms with Crippen LogP contribution >= 0.6 is 0 Å². The molecule has 2 aromatic rings. The summed E-state index contributed by atoms with van der Waals surface area (Å²) < 4.78 is 16.7. The summed E-state index contributed by atoms with van der Waals surface area (Å²) in [7, 11) is 1.58. The molecule has 1 N–H and O–H groups in total. The lowest BCUT2D eigenvalue weighted by molar-refractivity contribution is 0.0507. The average Bonchev–Trinajstić information content (AvgIpc) is 2.58. The molecule has 1 aromatic carbocycles. The Bertz CT molecular complexity index is 760. The maximum Gasteiger partial charge on any atom is 0.195 e. The molecule has 1 unspecified atom stereocenters. The second kappa shape index (κ2) is 6.72. The van der Waals surface area contributed by atoms with Crippen LogP contribution in [0, 0.1) is 13.8 Å². The van der Waals surface area contributed by atoms with Gasteiger partial charge in [0.15, 0.2) is 12.2 Å². The van der Waals surface area contributed by atoms with Crippen LogP contribution in [0.1, 0.15) is 35.6 Å². The molecule has 1 fully saturated rings. The van der Waals surface area contributed by atoms with Crippen LogP contribution in [0.3, 0.4) is 0 Å². The normalized spacial score (nSPS) is 18.3. The van der Waals surface area contributed by atoms with Crippen molar-refractivity contribution in [2.24, 2.45) is 0 Å². The second-order valence-corrected chi connectivity index (χ2v) is 6.08. The Kier molecular flexibility index (Phi) is 4.68. The van der Waals surface area contributed by atoms with E-state index in [4.69, 9.17) is 13.9 Å². The van der Waals surface area contributed by atoms with E-state index in [1.165, 1.54) is 0 Å². The van der Waals surface area contributed by atoms with Gasteiger partial charge in [-0.05, 0) is 45.4 Å². The van der Waals surface area contributed by atoms with E-state index in [2.05, 4.69) is 5.32 Å². The van der Waals surface area contributed by atoms with Crippen molar-refractivity contribution >= 4 is 11.0 Å². The van der Waals surface area contributed by atoms with E-state index in [1.54, 1.807) is 19.2 Å². The highest BCUT2D eigenvalue weighted by molar-refractivity contribution is 5.82. The molecule has 5 nitrogen and oxygen atoms in total. The van der Waals surface area contributed by atoms with Crippen LogP contribution in [0.25, 0.3) is 11.0 Å². The van der Waals surface area contributed by atoms with Gasteiger partial charge in [0.2, 0.25) is 0 Å². The first-order valence-corrected chi connectivity index (χ1v) is 8.03. The van der Waals surface area contributed by atoms with E-state index in [9.17, 15) is 4.79 Å². The van der Waals surface area contributed by atoms with Crippen LogP contribution in [0.4, 0.5) is 0 Å². The van der Waals surface area contributed by atoms with Gasteiger partial charge in [0.05, 0.1) is 5.39 Å². The van der Waals surface area contributed by atoms with E-state index in [1.807, 2.05) is 13.8 Å². The number of fused-ring (bicyclic) bond motifs is 1. The molecule has 1 saturated heterocycles. The number of piperidine rings is 1. The van der Waals surface area contributed by atoms with Crippen LogP contribution in [0.2, 0.25) is 0 Å². The van der Waals surface area contributed by atoms with Crippen LogP contribution in [0.5, 0.6) is 5.75 Å². The molecule has 0 bridgehead atoms. The third-order valence-corrected chi connectivity index (χ3v) is 4.52. The summed E-state index contributed by atoms with van der Waals surface area (Å²) in [4.78, 5) is 12.7. The molecular formula is C18H23NO4. The summed E-state index contributed by atoms with van der Waals surface area (Å²) in [5.74, 6) is 1.74. The molecule has 0 saturated carbocycles. The smallest absolute Gasteiger partial charge is 0.195 e. The van der Waals surface area contributed by atoms with E-state index in [0.717, 1.165) is 42.8 Å². The molecule has 0 amide bonds. The Balaban J connectivity index is 2.13. The summed E-state index contributed by atoms with van der Waals surface area (Å²) >= 11 is 0. The molecular weight excluding hydrogens is 294 g/mol. The third kappa shape index (κ3) is 2.99. The molecule has 0 radical (unpaired) electrons. The van der Waals surface area contributed by atoms with Crippen LogP contribution in [-0.4, -0.2) is 27.0 Å². The molecule has 1 atom stereocenters. The van der Waals surface area contributed by atoms with Crippen molar-refractivity contribution < 1.29 is 13.9 Å². The van der Waals surface area contributed by atoms with Crippen molar-refractivity contribution in [3.63, 3.8) is 0 Å². The van der Waals surface area contributed by atoms with Crippen molar-refractivity contribution in [1.82, 2.24) is 5.32 Å². The van der Waals surface area contributed by atoms with Gasteiger partial charge >= 0.3 is 0 Å². The van der Waals surface area contributed by atoms with Crippen molar-refractivity contribution in [2.45, 2.75) is 32.6 Å². The van der Waals surface area contributed by atoms with E-state index in [0.29, 0.717) is 16.7 Å². The zero-order chi connectivity index (χ0) is 16.4. The summed E-state index contributed by atoms with van der Waals surface area (Å²) in [5.41, 5.74) is 2.22. The highest BCUT2D eigenvalue weighted by Gasteiger charge is 2.23. The van der Waals surface area contributed by atoms with Crippen LogP contribution in [-0.2, 0) is 4.74 Å². The van der Waals surface area contributed by atoms with Gasteiger partial charge in [0, 0.05) is 30.7 Å². The molecule has 0 aliphatic carbocycles. The van der Waals surface area contributed by atoms with E-state index >= 15 is 0 Å². The highest BCUT2D eigenvalue weighted by Crippen LogP contribution is 2.31. The first-order valence-electron chi connectivity index (χ1n) is 8.03. The Hall–Kier alpha value is -1.85. The number of methoxy groups -OCH3 is 1. The molecule has 23 heavy (non-hydrogen) atoms. The van der Waals surface area contributed by atoms with Crippen molar-refractivity contribution in [3.8, 4) is 5.75 Å². The lowest BCUT2D eigenvalue weighted by Crippen LogP contribution is -2.29. The Labute approximate surface area is 135 Å². The summed E-state index contributed by atoms with van der Waals surface area (Å²) in [5, 5.41) is 3.99. The number of ether oxygens (including phenoxy) is 2. The molecule has 1 aliphatic heterocycles. The lowest BCUT2D eigenvalue weighted by atomic mass is 9.93. The Morgan fingerprint density at radius 1 is 1.30 bits per heavy atom. The van der Waals surface area contributed by atoms with Gasteiger partial charge < -0.3 is 19.2 Å². The molecule has 1 aliphatic rings. The average molecular weight is 317 g/mol. The zero-order valence-electron chi connectivity index (χ0n) is 13.9. The molecule has 3 rings (SSSR count). The standard InChI is InChI=1S/C18H23NO4/c1-11-15(22-10-21-3)7-6-14-16(20)12(2)17(23-18(11)14)13-5-4-8-19-9-13/h6-7,13,19H,4-5,8-10H2,1-3H3. The van der Waals surface area contributed by atoms with Crippen molar-refractivity contribution in [1.29, 1.82) is 0 Å². The zero-order valence-corrected chi connectivity index (χ0v) is 13.9. The summed E-state index contributed by atoms with van der Waals surface area (Å²) in [6.07, 6.45) is 2.14. The minimum absolute atomic E-state index is 0.0493. The molecule has 2 heterocycles. The SMILES string of the molecule is COCOc1ccc2c(=O)c(C)c(C3CCCNC3)oc2c1C. The van der Waals surface area contributed by atoms with E-state index < -0.39 is 0 Å². The fourth-order valence-corrected chi connectivity index (χ4v) is 3.23. The van der Waals surface area contributed by atoms with Gasteiger partial charge in [-0.2, -0.15) is 0 Å². The van der Waals surface area contributed by atoms with Gasteiger partial charge in [-0.1, -0.05) is 0 Å². The van der Waals surface area contributed by atoms with Gasteiger partial charge in [0.1, 0.15) is 17.1 Å². The summed E-state index contributed by atoms with van der Waals surface area (Å²) in [6, 6.07) is 3.57. The fraction of sp³-hybridized carbons (Fsp3) is 0.500. The van der Waals surface area contributed by atoms with E-state index in [-0.39, 0.29) is 18.1 Å². The quantitative estimate of drug-likeness (QED) is 0.879. The predicted octanol–water partition coefficient (Wildman–Crippen LogP) is 2.86. The maximum atomic E-state index is 12.7. The molecule has 5 heteroatoms. The van der Waals surface area contributed by atoms with Gasteiger partial charge in [0.25, 0.3) is 0 Å². The fourth-order valence-electron chi connectivity index (χ4n) is 3.23. The molecule has 0 spiro atoms. The van der Waals surface area contributed by atoms with Crippen LogP contribution in [0.15, 0.2) is 21.3 Å². The Morgan fingerprint density at radius 2 is 2.13 bits per heavy atom. The topological polar surface area (TPSA) is 60.7 Å². The third-order valence-electron chi connectivity index (χ3n) is 4.52. The second-order valence-electron chi connectivity index (χ2n) is 6.08. The largest absolute Gasteiger partial charge is 0.467 e. The maximum absolute atomic E-state index is 12.7. The van der Waals surface area contributed by atoms with Gasteiger partial charge in [-0.25, -0.2) is 0 Å². The number of hydrogen-bond acceptors (Lipinski definition) is 5. The van der Waals surface area contributed by atoms with Gasteiger partial charge in [-0.3, -0.25) is 4.79 Å². The monoisotopic (exact) mass is 317 g/mol. The van der Waals surface area contributed by atoms with Gasteiger partial charge in [-0.15, -0.1) is 0 Å². The first-order chi connectivity index (χ1) is 11.1. The number of hydrogen-bond donors (Lipinski definition) is 1. The lowest BCUT2D eigenvalue weighted by Gasteiger charge is -2.23. The van der Waals surface area contributed by atoms with Crippen molar-refractivity contribution in [2.75, 3.05) is 27.0 Å². The Morgan fingerprint density at radius 3 is 2.83 bits per heavy atom. The minimum atomic E-state index is 0.0493. The van der Waals surface area contributed by atoms with Crippen LogP contribution < -0.4 is 15.5 Å². The number of aryl methyl sites for hydroxylation is 1. The van der Waals surface area contributed by atoms with Crippen molar-refractivity contribution in [3.05, 3.63) is 39.2 Å². The molecule has 1 aromatic heterocycles. The minimum Gasteiger partial charge on any atom is -0.467 e. The summed E-state index contributed by atoms with van der Waals surface area (Å²) in [6.45, 7) is 5.83. The predicted molar refractivity (Wildman–Crippen MR) is 89.3 cm³/mol. The first kappa shape index (κ1) is 16.0. The molecule has 124 valence electrons. The number of benzene rings is 1. The number of rotatable bonds is 4. The highest BCUT2D eigenvalue weighted by atomic mass is 16.7.